The van der Waals surface area contributed by atoms with Gasteiger partial charge in [0, 0.05) is 44.8 Å². The molecule has 0 aromatic heterocycles. The molecule has 0 radical (unpaired) electrons. The van der Waals surface area contributed by atoms with E-state index in [1.165, 1.54) is 27.2 Å². The van der Waals surface area contributed by atoms with E-state index in [1.54, 1.807) is 59.7 Å². The lowest BCUT2D eigenvalue weighted by Gasteiger charge is -2.50. The molecule has 4 rings (SSSR count). The number of ketones is 1. The first-order valence-electron chi connectivity index (χ1n) is 23.5. The molecule has 4 heterocycles. The third-order valence-corrected chi connectivity index (χ3v) is 13.4. The number of aliphatic hydroxyl groups is 5. The van der Waals surface area contributed by atoms with E-state index in [1.807, 2.05) is 19.9 Å². The number of rotatable bonds is 13. The number of esters is 1. The van der Waals surface area contributed by atoms with Crippen LogP contribution in [0.3, 0.4) is 0 Å². The highest BCUT2D eigenvalue weighted by atomic mass is 31.2. The van der Waals surface area contributed by atoms with Crippen LogP contribution in [-0.2, 0) is 61.6 Å². The quantitative estimate of drug-likeness (QED) is 0.0722. The van der Waals surface area contributed by atoms with Gasteiger partial charge in [-0.05, 0) is 73.5 Å². The Morgan fingerprint density at radius 2 is 1.46 bits per heavy atom. The smallest absolute Gasteiger partial charge is 0.462 e. The van der Waals surface area contributed by atoms with E-state index >= 15 is 0 Å². The summed E-state index contributed by atoms with van der Waals surface area (Å²) >= 11 is 0. The molecule has 3 saturated heterocycles. The molecule has 0 aliphatic carbocycles. The molecule has 3 fully saturated rings. The van der Waals surface area contributed by atoms with E-state index in [0.29, 0.717) is 12.0 Å². The SMILES string of the molecule is CCC1OC(=O)CC(O)C(C)C(OC2OC(C)C(OC3CC(C)(O)C(O)C(C)O3)C(N(C)C)C2O)C(CC=O)CC(C)C(=O)/C=C\C(C)=C/C1COC1OC(C)C(O)C(OC)C1OC.O=P(O)(O)O. The Morgan fingerprint density at radius 1 is 0.855 bits per heavy atom. The molecule has 4 aliphatic heterocycles. The Morgan fingerprint density at radius 3 is 2.01 bits per heavy atom. The summed E-state index contributed by atoms with van der Waals surface area (Å²) in [5.74, 6) is -3.59. The number of carbonyl (C=O) groups excluding carboxylic acids is 3. The van der Waals surface area contributed by atoms with Crippen molar-refractivity contribution in [3.63, 3.8) is 0 Å². The number of hydrogen-bond acceptors (Lipinski definition) is 19. The summed E-state index contributed by atoms with van der Waals surface area (Å²) in [7, 11) is 1.79. The zero-order chi connectivity index (χ0) is 52.3. The minimum absolute atomic E-state index is 0.00788. The maximum Gasteiger partial charge on any atom is 0.466 e. The fraction of sp³-hybridized carbons (Fsp3) is 0.848. The van der Waals surface area contributed by atoms with Crippen molar-refractivity contribution in [3.05, 3.63) is 23.8 Å². The van der Waals surface area contributed by atoms with Gasteiger partial charge in [0.2, 0.25) is 0 Å². The molecule has 0 bridgehead atoms. The molecule has 400 valence electrons. The lowest BCUT2D eigenvalue weighted by Crippen LogP contribution is -2.65. The standard InChI is InChI=1S/C46H77NO17.H3O4P/c1-13-33-30(22-58-45-42(57-12)41(56-11)37(52)26(5)60-45)18-23(2)14-15-31(49)24(3)19-29(16-17-48)39(25(4)32(50)20-34(51)62-33)64-44-38(53)36(47(9)10)40(27(6)61-44)63-35-21-46(8,55)43(54)28(7)59-35;1-5(2,3)4/h14-15,17-18,24-30,32-33,35-45,50,52-55H,13,16,19-22H2,1-12H3;(H3,1,2,3,4)/b15-14-,23-18-;. The van der Waals surface area contributed by atoms with Crippen LogP contribution in [0.2, 0.25) is 0 Å². The first-order chi connectivity index (χ1) is 32.1. The number of hydrogen-bond donors (Lipinski definition) is 8. The van der Waals surface area contributed by atoms with Gasteiger partial charge < -0.3 is 92.5 Å². The molecule has 0 saturated carbocycles. The number of aliphatic hydroxyl groups excluding tert-OH is 4. The average Bonchev–Trinajstić information content (AvgIpc) is 3.25. The van der Waals surface area contributed by atoms with Gasteiger partial charge in [-0.15, -0.1) is 0 Å². The number of likely N-dealkylation sites (N-methyl/N-ethyl adjacent to an activating group) is 1. The molecule has 0 spiro atoms. The molecule has 21 unspecified atom stereocenters. The summed E-state index contributed by atoms with van der Waals surface area (Å²) < 4.78 is 63.6. The van der Waals surface area contributed by atoms with Crippen LogP contribution >= 0.6 is 7.82 Å². The lowest BCUT2D eigenvalue weighted by molar-refractivity contribution is -0.341. The second kappa shape index (κ2) is 27.2. The van der Waals surface area contributed by atoms with Crippen molar-refractivity contribution in [2.75, 3.05) is 34.9 Å². The molecule has 69 heavy (non-hydrogen) atoms. The van der Waals surface area contributed by atoms with Crippen molar-refractivity contribution in [2.24, 2.45) is 23.7 Å². The number of aldehydes is 1. The average molecular weight is 1010 g/mol. The maximum absolute atomic E-state index is 13.8. The monoisotopic (exact) mass is 1010 g/mol. The van der Waals surface area contributed by atoms with Crippen LogP contribution in [0.25, 0.3) is 0 Å². The highest BCUT2D eigenvalue weighted by Gasteiger charge is 2.52. The number of cyclic esters (lactones) is 1. The van der Waals surface area contributed by atoms with Crippen molar-refractivity contribution in [3.8, 4) is 0 Å². The number of nitrogens with zero attached hydrogens (tertiary/aromatic N) is 1. The minimum atomic E-state index is -4.64. The second-order valence-corrected chi connectivity index (χ2v) is 20.3. The Bertz CT molecular complexity index is 1720. The highest BCUT2D eigenvalue weighted by molar-refractivity contribution is 7.45. The van der Waals surface area contributed by atoms with Gasteiger partial charge in [0.25, 0.3) is 0 Å². The fourth-order valence-electron chi connectivity index (χ4n) is 9.51. The zero-order valence-corrected chi connectivity index (χ0v) is 42.8. The first-order valence-corrected chi connectivity index (χ1v) is 25.0. The number of phosphoric acid groups is 1. The van der Waals surface area contributed by atoms with Crippen LogP contribution in [0.1, 0.15) is 87.5 Å². The van der Waals surface area contributed by atoms with E-state index in [4.69, 9.17) is 61.9 Å². The second-order valence-electron chi connectivity index (χ2n) is 19.3. The summed E-state index contributed by atoms with van der Waals surface area (Å²) in [4.78, 5) is 63.1. The predicted octanol–water partition coefficient (Wildman–Crippen LogP) is 0.905. The van der Waals surface area contributed by atoms with Crippen LogP contribution < -0.4 is 0 Å². The first kappa shape index (κ1) is 61.1. The van der Waals surface area contributed by atoms with E-state index in [9.17, 15) is 39.9 Å². The molecular formula is C46H80NO21P. The Hall–Kier alpha value is -2.16. The number of ether oxygens (including phenoxy) is 9. The zero-order valence-electron chi connectivity index (χ0n) is 41.9. The van der Waals surface area contributed by atoms with Gasteiger partial charge in [0.15, 0.2) is 24.7 Å². The summed E-state index contributed by atoms with van der Waals surface area (Å²) in [6, 6.07) is -0.748. The van der Waals surface area contributed by atoms with Crippen molar-refractivity contribution < 1.29 is 102 Å². The van der Waals surface area contributed by atoms with Crippen molar-refractivity contribution in [2.45, 2.75) is 191 Å². The summed E-state index contributed by atoms with van der Waals surface area (Å²) in [5.41, 5.74) is -0.806. The van der Waals surface area contributed by atoms with E-state index in [2.05, 4.69) is 0 Å². The topological polar surface area (TPSA) is 316 Å². The molecular weight excluding hydrogens is 933 g/mol. The van der Waals surface area contributed by atoms with E-state index in [-0.39, 0.29) is 31.7 Å². The van der Waals surface area contributed by atoms with Gasteiger partial charge in [-0.25, -0.2) is 4.57 Å². The van der Waals surface area contributed by atoms with Gasteiger partial charge >= 0.3 is 13.8 Å². The Labute approximate surface area is 405 Å². The van der Waals surface area contributed by atoms with Gasteiger partial charge in [-0.2, -0.15) is 0 Å². The van der Waals surface area contributed by atoms with Crippen LogP contribution in [0, 0.1) is 23.7 Å². The minimum Gasteiger partial charge on any atom is -0.462 e. The number of allylic oxidation sites excluding steroid dienone is 3. The Kier molecular flexibility index (Phi) is 24.1. The highest BCUT2D eigenvalue weighted by Crippen LogP contribution is 2.38. The Balaban J connectivity index is 0.00000239. The molecule has 23 heteroatoms. The van der Waals surface area contributed by atoms with Gasteiger partial charge in [-0.3, -0.25) is 9.59 Å². The van der Waals surface area contributed by atoms with Gasteiger partial charge in [-0.1, -0.05) is 38.5 Å². The van der Waals surface area contributed by atoms with Crippen LogP contribution in [0.15, 0.2) is 23.8 Å². The number of methoxy groups -OCH3 is 2. The predicted molar refractivity (Wildman–Crippen MR) is 245 cm³/mol. The lowest BCUT2D eigenvalue weighted by atomic mass is 9.79. The number of carbonyl (C=O) groups is 3. The van der Waals surface area contributed by atoms with Crippen molar-refractivity contribution >= 4 is 25.9 Å². The van der Waals surface area contributed by atoms with Crippen molar-refractivity contribution in [1.82, 2.24) is 4.90 Å². The largest absolute Gasteiger partial charge is 0.466 e. The van der Waals surface area contributed by atoms with Crippen LogP contribution in [0.4, 0.5) is 0 Å². The third-order valence-electron chi connectivity index (χ3n) is 13.4. The van der Waals surface area contributed by atoms with Crippen LogP contribution in [-0.4, -0.2) is 202 Å². The summed E-state index contributed by atoms with van der Waals surface area (Å²) in [5, 5.41) is 55.8. The van der Waals surface area contributed by atoms with Crippen LogP contribution in [0.5, 0.6) is 0 Å². The van der Waals surface area contributed by atoms with Gasteiger partial charge in [0.05, 0.1) is 55.2 Å². The van der Waals surface area contributed by atoms with E-state index in [0.717, 1.165) is 6.29 Å². The summed E-state index contributed by atoms with van der Waals surface area (Å²) in [6.45, 7) is 13.6. The molecule has 4 aliphatic rings. The van der Waals surface area contributed by atoms with Gasteiger partial charge in [0.1, 0.15) is 49.0 Å². The molecule has 8 N–H and O–H groups in total. The summed E-state index contributed by atoms with van der Waals surface area (Å²) in [6.07, 6.45) is -8.49. The molecule has 0 aromatic rings. The molecule has 22 nitrogen and oxygen atoms in total. The van der Waals surface area contributed by atoms with E-state index < -0.39 is 148 Å². The molecule has 0 amide bonds. The fourth-order valence-corrected chi connectivity index (χ4v) is 9.51. The van der Waals surface area contributed by atoms with Crippen molar-refractivity contribution in [1.29, 1.82) is 0 Å². The normalized spacial score (nSPS) is 43.5. The maximum atomic E-state index is 13.8. The third kappa shape index (κ3) is 17.5. The molecule has 21 atom stereocenters. The molecule has 0 aromatic carbocycles.